The van der Waals surface area contributed by atoms with Crippen molar-refractivity contribution in [3.8, 4) is 0 Å². The van der Waals surface area contributed by atoms with Crippen molar-refractivity contribution in [1.29, 1.82) is 0 Å². The van der Waals surface area contributed by atoms with Crippen LogP contribution in [0.5, 0.6) is 0 Å². The van der Waals surface area contributed by atoms with Gasteiger partial charge in [-0.1, -0.05) is 50.2 Å². The molecule has 0 unspecified atom stereocenters. The van der Waals surface area contributed by atoms with Crippen molar-refractivity contribution in [1.82, 2.24) is 9.62 Å². The summed E-state index contributed by atoms with van der Waals surface area (Å²) in [5, 5.41) is 0. The third-order valence-electron chi connectivity index (χ3n) is 4.96. The summed E-state index contributed by atoms with van der Waals surface area (Å²) < 4.78 is 28.2. The summed E-state index contributed by atoms with van der Waals surface area (Å²) in [5.41, 5.74) is 3.24. The second kappa shape index (κ2) is 7.82. The van der Waals surface area contributed by atoms with Crippen molar-refractivity contribution in [2.24, 2.45) is 5.92 Å². The Kier molecular flexibility index (Phi) is 5.67. The Bertz CT molecular complexity index is 938. The first-order chi connectivity index (χ1) is 12.8. The Morgan fingerprint density at radius 2 is 1.78 bits per heavy atom. The maximum absolute atomic E-state index is 13.1. The third-order valence-corrected chi connectivity index (χ3v) is 6.40. The first-order valence-corrected chi connectivity index (χ1v) is 10.7. The normalized spacial score (nSPS) is 15.5. The Balaban J connectivity index is 1.81. The molecule has 0 bridgehead atoms. The number of nitrogens with zero attached hydrogens (tertiary/aromatic N) is 1. The molecule has 27 heavy (non-hydrogen) atoms. The highest BCUT2D eigenvalue weighted by molar-refractivity contribution is 7.89. The van der Waals surface area contributed by atoms with Crippen LogP contribution in [0.4, 0.5) is 0 Å². The van der Waals surface area contributed by atoms with Crippen molar-refractivity contribution < 1.29 is 13.2 Å². The standard InChI is InChI=1S/C21H26N2O3S/c1-15(2)20(22-27(25,26)19-10-6-7-16(3)13-19)21(24)23-12-11-17-8-4-5-9-18(17)14-23/h4-10,13,15,20,22H,11-12,14H2,1-3H3/t20-/m0/s1. The molecule has 0 saturated heterocycles. The molecule has 2 aromatic rings. The monoisotopic (exact) mass is 386 g/mol. The molecule has 1 atom stereocenters. The fourth-order valence-electron chi connectivity index (χ4n) is 3.37. The first kappa shape index (κ1) is 19.6. The maximum atomic E-state index is 13.1. The van der Waals surface area contributed by atoms with Crippen molar-refractivity contribution in [2.45, 2.75) is 44.7 Å². The molecule has 0 aromatic heterocycles. The Morgan fingerprint density at radius 1 is 1.07 bits per heavy atom. The van der Waals surface area contributed by atoms with Crippen LogP contribution in [0.15, 0.2) is 53.4 Å². The van der Waals surface area contributed by atoms with E-state index in [9.17, 15) is 13.2 Å². The highest BCUT2D eigenvalue weighted by Crippen LogP contribution is 2.21. The van der Waals surface area contributed by atoms with E-state index in [4.69, 9.17) is 0 Å². The summed E-state index contributed by atoms with van der Waals surface area (Å²) in [6, 6.07) is 14.0. The summed E-state index contributed by atoms with van der Waals surface area (Å²) in [5.74, 6) is -0.329. The molecular weight excluding hydrogens is 360 g/mol. The van der Waals surface area contributed by atoms with Gasteiger partial charge in [0.05, 0.1) is 4.90 Å². The Hall–Kier alpha value is -2.18. The number of benzene rings is 2. The van der Waals surface area contributed by atoms with Crippen molar-refractivity contribution >= 4 is 15.9 Å². The van der Waals surface area contributed by atoms with Gasteiger partial charge >= 0.3 is 0 Å². The number of fused-ring (bicyclic) bond motifs is 1. The zero-order chi connectivity index (χ0) is 19.6. The number of aryl methyl sites for hydroxylation is 1. The van der Waals surface area contributed by atoms with E-state index in [0.717, 1.165) is 17.5 Å². The molecule has 0 aliphatic carbocycles. The minimum Gasteiger partial charge on any atom is -0.337 e. The largest absolute Gasteiger partial charge is 0.337 e. The van der Waals surface area contributed by atoms with Gasteiger partial charge in [-0.25, -0.2) is 8.42 Å². The molecule has 1 aliphatic rings. The molecule has 0 fully saturated rings. The molecule has 144 valence electrons. The third kappa shape index (κ3) is 4.39. The minimum absolute atomic E-state index is 0.158. The Morgan fingerprint density at radius 3 is 2.44 bits per heavy atom. The number of amides is 1. The van der Waals surface area contributed by atoms with E-state index in [0.29, 0.717) is 13.1 Å². The van der Waals surface area contributed by atoms with E-state index in [1.54, 1.807) is 23.1 Å². The van der Waals surface area contributed by atoms with E-state index in [1.165, 1.54) is 5.56 Å². The van der Waals surface area contributed by atoms with Crippen LogP contribution in [0.1, 0.15) is 30.5 Å². The van der Waals surface area contributed by atoms with Gasteiger partial charge in [-0.05, 0) is 48.1 Å². The molecule has 2 aromatic carbocycles. The molecule has 0 saturated carbocycles. The van der Waals surface area contributed by atoms with E-state index in [-0.39, 0.29) is 16.7 Å². The lowest BCUT2D eigenvalue weighted by Crippen LogP contribution is -2.52. The van der Waals surface area contributed by atoms with Gasteiger partial charge in [0.1, 0.15) is 6.04 Å². The molecule has 1 heterocycles. The quantitative estimate of drug-likeness (QED) is 0.859. The molecule has 0 radical (unpaired) electrons. The zero-order valence-corrected chi connectivity index (χ0v) is 16.8. The van der Waals surface area contributed by atoms with Gasteiger partial charge in [-0.15, -0.1) is 0 Å². The maximum Gasteiger partial charge on any atom is 0.241 e. The van der Waals surface area contributed by atoms with Gasteiger partial charge in [-0.2, -0.15) is 4.72 Å². The SMILES string of the molecule is Cc1cccc(S(=O)(=O)N[C@H](C(=O)N2CCc3ccccc3C2)C(C)C)c1. The average Bonchev–Trinajstić information content (AvgIpc) is 2.65. The summed E-state index contributed by atoms with van der Waals surface area (Å²) in [6.45, 7) is 6.68. The molecule has 0 spiro atoms. The minimum atomic E-state index is -3.77. The van der Waals surface area contributed by atoms with Gasteiger partial charge in [0.15, 0.2) is 0 Å². The lowest BCUT2D eigenvalue weighted by Gasteiger charge is -2.33. The van der Waals surface area contributed by atoms with E-state index < -0.39 is 16.1 Å². The van der Waals surface area contributed by atoms with E-state index in [1.807, 2.05) is 45.0 Å². The number of nitrogens with one attached hydrogen (secondary N) is 1. The molecule has 1 amide bonds. The highest BCUT2D eigenvalue weighted by atomic mass is 32.2. The second-order valence-electron chi connectivity index (χ2n) is 7.44. The number of carbonyl (C=O) groups excluding carboxylic acids is 1. The number of rotatable bonds is 5. The smallest absolute Gasteiger partial charge is 0.241 e. The predicted octanol–water partition coefficient (Wildman–Crippen LogP) is 2.88. The topological polar surface area (TPSA) is 66.5 Å². The van der Waals surface area contributed by atoms with Crippen LogP contribution in [0.3, 0.4) is 0 Å². The molecule has 6 heteroatoms. The van der Waals surface area contributed by atoms with Gasteiger partial charge in [0, 0.05) is 13.1 Å². The molecular formula is C21H26N2O3S. The first-order valence-electron chi connectivity index (χ1n) is 9.22. The number of sulfonamides is 1. The van der Waals surface area contributed by atoms with Gasteiger partial charge in [-0.3, -0.25) is 4.79 Å². The highest BCUT2D eigenvalue weighted by Gasteiger charge is 2.33. The molecule has 1 N–H and O–H groups in total. The van der Waals surface area contributed by atoms with Gasteiger partial charge in [0.2, 0.25) is 15.9 Å². The number of hydrogen-bond acceptors (Lipinski definition) is 3. The lowest BCUT2D eigenvalue weighted by molar-refractivity contribution is -0.135. The summed E-state index contributed by atoms with van der Waals surface area (Å²) in [4.78, 5) is 15.1. The van der Waals surface area contributed by atoms with Gasteiger partial charge < -0.3 is 4.90 Å². The number of hydrogen-bond donors (Lipinski definition) is 1. The molecule has 5 nitrogen and oxygen atoms in total. The number of carbonyl (C=O) groups is 1. The van der Waals surface area contributed by atoms with Crippen molar-refractivity contribution in [3.05, 3.63) is 65.2 Å². The van der Waals surface area contributed by atoms with Crippen LogP contribution in [-0.2, 0) is 27.8 Å². The van der Waals surface area contributed by atoms with Crippen LogP contribution in [0.2, 0.25) is 0 Å². The van der Waals surface area contributed by atoms with Crippen LogP contribution >= 0.6 is 0 Å². The second-order valence-corrected chi connectivity index (χ2v) is 9.15. The van der Waals surface area contributed by atoms with Crippen LogP contribution in [0.25, 0.3) is 0 Å². The fourth-order valence-corrected chi connectivity index (χ4v) is 4.81. The van der Waals surface area contributed by atoms with Crippen LogP contribution in [0, 0.1) is 12.8 Å². The fraction of sp³-hybridized carbons (Fsp3) is 0.381. The summed E-state index contributed by atoms with van der Waals surface area (Å²) in [7, 11) is -3.77. The zero-order valence-electron chi connectivity index (χ0n) is 16.0. The van der Waals surface area contributed by atoms with Crippen molar-refractivity contribution in [3.63, 3.8) is 0 Å². The Labute approximate surface area is 161 Å². The lowest BCUT2D eigenvalue weighted by atomic mass is 9.97. The van der Waals surface area contributed by atoms with Crippen molar-refractivity contribution in [2.75, 3.05) is 6.54 Å². The van der Waals surface area contributed by atoms with Crippen LogP contribution in [-0.4, -0.2) is 31.8 Å². The van der Waals surface area contributed by atoms with E-state index in [2.05, 4.69) is 10.8 Å². The average molecular weight is 387 g/mol. The molecule has 3 rings (SSSR count). The predicted molar refractivity (Wildman–Crippen MR) is 106 cm³/mol. The molecule has 1 aliphatic heterocycles. The van der Waals surface area contributed by atoms with Crippen LogP contribution < -0.4 is 4.72 Å². The van der Waals surface area contributed by atoms with E-state index >= 15 is 0 Å². The van der Waals surface area contributed by atoms with Gasteiger partial charge in [0.25, 0.3) is 0 Å². The summed E-state index contributed by atoms with van der Waals surface area (Å²) in [6.07, 6.45) is 0.789. The summed E-state index contributed by atoms with van der Waals surface area (Å²) >= 11 is 0.